The third-order valence-corrected chi connectivity index (χ3v) is 13.5. The van der Waals surface area contributed by atoms with Crippen molar-refractivity contribution in [3.8, 4) is 22.3 Å². The van der Waals surface area contributed by atoms with E-state index in [1.54, 1.807) is 67.6 Å². The van der Waals surface area contributed by atoms with Crippen LogP contribution in [0.3, 0.4) is 0 Å². The Morgan fingerprint density at radius 1 is 0.667 bits per heavy atom. The highest BCUT2D eigenvalue weighted by atomic mass is 32.8. The molecular formula is C57H66F2N12O7S3. The van der Waals surface area contributed by atoms with Gasteiger partial charge in [-0.1, -0.05) is 31.7 Å². The number of primary amides is 2. The number of aryl methyl sites for hydroxylation is 4. The number of nitrogens with one attached hydrogen (secondary N) is 1. The van der Waals surface area contributed by atoms with Crippen molar-refractivity contribution in [3.63, 3.8) is 0 Å². The Hall–Kier alpha value is -7.61. The lowest BCUT2D eigenvalue weighted by atomic mass is 10.0. The van der Waals surface area contributed by atoms with E-state index in [1.165, 1.54) is 15.7 Å². The smallest absolute Gasteiger partial charge is 0.323 e. The summed E-state index contributed by atoms with van der Waals surface area (Å²) in [5, 5.41) is 34.0. The molecule has 2 unspecified atom stereocenters. The molecule has 2 saturated heterocycles. The van der Waals surface area contributed by atoms with Gasteiger partial charge >= 0.3 is 5.97 Å². The van der Waals surface area contributed by atoms with Crippen LogP contribution in [0.4, 0.5) is 8.78 Å². The molecule has 8 aromatic rings. The van der Waals surface area contributed by atoms with Crippen molar-refractivity contribution < 1.29 is 43.3 Å². The number of nitrogens with zero attached hydrogens (tertiary/aromatic N) is 9. The average Bonchev–Trinajstić information content (AvgIpc) is 4.22. The van der Waals surface area contributed by atoms with E-state index < -0.39 is 48.4 Å². The quantitative estimate of drug-likeness (QED) is 0.0720. The zero-order chi connectivity index (χ0) is 57.1. The average molecular weight is 1170 g/mol. The molecule has 6 aromatic heterocycles. The number of aliphatic hydroxyl groups excluding tert-OH is 2. The van der Waals surface area contributed by atoms with Crippen molar-refractivity contribution in [3.05, 3.63) is 156 Å². The summed E-state index contributed by atoms with van der Waals surface area (Å²) in [6.45, 7) is 7.25. The van der Waals surface area contributed by atoms with Crippen LogP contribution in [0.15, 0.2) is 110 Å². The summed E-state index contributed by atoms with van der Waals surface area (Å²) in [4.78, 5) is 75.1. The number of aromatic nitrogens is 8. The van der Waals surface area contributed by atoms with Crippen LogP contribution in [0.1, 0.15) is 75.4 Å². The number of carbonyl (C=O) groups excluding carboxylic acids is 3. The highest BCUT2D eigenvalue weighted by molar-refractivity contribution is 8.07. The lowest BCUT2D eigenvalue weighted by molar-refractivity contribution is -0.137. The maximum absolute atomic E-state index is 14.5. The number of benzene rings is 2. The van der Waals surface area contributed by atoms with E-state index in [0.29, 0.717) is 58.5 Å². The van der Waals surface area contributed by atoms with Crippen molar-refractivity contribution in [2.45, 2.75) is 111 Å². The van der Waals surface area contributed by atoms with Crippen LogP contribution < -0.4 is 16.8 Å². The summed E-state index contributed by atoms with van der Waals surface area (Å²) in [6, 6.07) is 21.3. The van der Waals surface area contributed by atoms with Crippen molar-refractivity contribution in [2.24, 2.45) is 11.5 Å². The number of halogens is 2. The molecule has 0 saturated carbocycles. The van der Waals surface area contributed by atoms with Gasteiger partial charge in [0.15, 0.2) is 0 Å². The Morgan fingerprint density at radius 3 is 1.54 bits per heavy atom. The zero-order valence-corrected chi connectivity index (χ0v) is 46.9. The highest BCUT2D eigenvalue weighted by Gasteiger charge is 2.40. The first-order chi connectivity index (χ1) is 37.8. The van der Waals surface area contributed by atoms with Gasteiger partial charge in [0, 0.05) is 147 Å². The lowest BCUT2D eigenvalue weighted by Gasteiger charge is -2.28. The number of amides is 3. The molecule has 24 heteroatoms. The number of pyridine rings is 2. The van der Waals surface area contributed by atoms with Gasteiger partial charge < -0.3 is 46.1 Å². The van der Waals surface area contributed by atoms with E-state index in [9.17, 15) is 38.2 Å². The van der Waals surface area contributed by atoms with E-state index in [-0.39, 0.29) is 76.5 Å². The monoisotopic (exact) mass is 1160 g/mol. The number of nitrogens with two attached hydrogens (primary N) is 2. The molecule has 2 aliphatic rings. The molecule has 19 nitrogen and oxygen atoms in total. The third-order valence-electron chi connectivity index (χ3n) is 13.5. The summed E-state index contributed by atoms with van der Waals surface area (Å²) in [6.07, 6.45) is 7.37. The summed E-state index contributed by atoms with van der Waals surface area (Å²) in [5.41, 5.74) is 19.4. The molecule has 8 N–H and O–H groups in total. The fourth-order valence-electron chi connectivity index (χ4n) is 9.69. The first-order valence-corrected chi connectivity index (χ1v) is 26.5. The predicted octanol–water partition coefficient (Wildman–Crippen LogP) is 6.08. The van der Waals surface area contributed by atoms with Crippen LogP contribution in [0, 0.1) is 27.7 Å². The van der Waals surface area contributed by atoms with Gasteiger partial charge in [-0.15, -0.1) is 0 Å². The van der Waals surface area contributed by atoms with Crippen LogP contribution in [-0.2, 0) is 57.9 Å². The molecule has 0 radical (unpaired) electrons. The van der Waals surface area contributed by atoms with Crippen molar-refractivity contribution in [1.29, 1.82) is 0 Å². The van der Waals surface area contributed by atoms with Crippen LogP contribution in [-0.4, -0.2) is 133 Å². The number of carboxylic acids is 1. The highest BCUT2D eigenvalue weighted by Crippen LogP contribution is 2.31. The molecule has 2 aromatic carbocycles. The fraction of sp³-hybridized carbons (Fsp3) is 0.333. The molecule has 10 rings (SSSR count). The van der Waals surface area contributed by atoms with Gasteiger partial charge in [-0.25, -0.2) is 28.7 Å². The Kier molecular flexibility index (Phi) is 23.2. The largest absolute Gasteiger partial charge is 0.480 e. The predicted molar refractivity (Wildman–Crippen MR) is 316 cm³/mol. The first kappa shape index (κ1) is 64.2. The van der Waals surface area contributed by atoms with Gasteiger partial charge in [0.1, 0.15) is 37.1 Å². The zero-order valence-electron chi connectivity index (χ0n) is 44.2. The first-order valence-electron chi connectivity index (χ1n) is 25.1. The van der Waals surface area contributed by atoms with Crippen molar-refractivity contribution >= 4 is 81.4 Å². The fourth-order valence-corrected chi connectivity index (χ4v) is 9.69. The maximum atomic E-state index is 14.5. The Balaban J connectivity index is 0.000000238. The molecule has 8 heterocycles. The van der Waals surface area contributed by atoms with Gasteiger partial charge in [0.25, 0.3) is 11.8 Å². The van der Waals surface area contributed by atoms with Crippen LogP contribution in [0.5, 0.6) is 0 Å². The van der Waals surface area contributed by atoms with Crippen LogP contribution in [0.2, 0.25) is 0 Å². The van der Waals surface area contributed by atoms with E-state index in [0.717, 1.165) is 39.3 Å². The molecule has 6 atom stereocenters. The number of rotatable bonds is 14. The molecule has 428 valence electrons. The molecule has 2 fully saturated rings. The molecule has 2 aliphatic heterocycles. The second-order valence-corrected chi connectivity index (χ2v) is 19.3. The standard InChI is InChI=1S/C28H29FN6O3.C16H14N4O3.C12H17FN2O.CH4.S2.H2S/c1-16-4-3-5-21(33-16)10-26(36)25-9-20(29)13-35(25)27(37)15-34-14-23(28(30)38)22-8-18(6-7-24(22)34)19-11-31-17(2)32-12-19;1-9-18-5-11(6-19-9)10-2-3-14-12(4-10)13(16(17)23)7-20(14)8-15(21)22;1-8-3-2-4-10(15-8)6-12(16)11-5-9(13)7-14-11;;1-2;/h3-8,11-12,14,20,25-26,36H,9-10,13,15H2,1-2H3,(H2,30,38);2-7H,8H2,1H3,(H2,17,23)(H,21,22);2-4,9,11-12,14,16H,5-7H2,1H3;1H4;;1H2/t20-,25-,26?;;9-,11-,12?;;;/m1.1.../s1. The number of aliphatic carboxylic acids is 1. The Morgan fingerprint density at radius 2 is 1.12 bits per heavy atom. The van der Waals surface area contributed by atoms with Gasteiger partial charge in [0.2, 0.25) is 5.91 Å². The molecule has 0 aliphatic carbocycles. The Bertz CT molecular complexity index is 3460. The summed E-state index contributed by atoms with van der Waals surface area (Å²) in [5.74, 6) is -1.25. The lowest BCUT2D eigenvalue weighted by Crippen LogP contribution is -2.45. The van der Waals surface area contributed by atoms with Gasteiger partial charge in [-0.3, -0.25) is 29.1 Å². The number of carbonyl (C=O) groups is 4. The molecule has 0 bridgehead atoms. The molecule has 81 heavy (non-hydrogen) atoms. The number of fused-ring (bicyclic) bond motifs is 2. The van der Waals surface area contributed by atoms with E-state index >= 15 is 0 Å². The van der Waals surface area contributed by atoms with Gasteiger partial charge in [-0.2, -0.15) is 13.5 Å². The molecule has 3 amide bonds. The minimum Gasteiger partial charge on any atom is -0.480 e. The van der Waals surface area contributed by atoms with Gasteiger partial charge in [-0.05, 0) is 93.8 Å². The summed E-state index contributed by atoms with van der Waals surface area (Å²) >= 11 is 7.33. The second-order valence-electron chi connectivity index (χ2n) is 19.3. The van der Waals surface area contributed by atoms with Crippen molar-refractivity contribution in [2.75, 3.05) is 13.1 Å². The minimum atomic E-state index is -1.23. The maximum Gasteiger partial charge on any atom is 0.323 e. The number of hydrogen-bond donors (Lipinski definition) is 6. The SMILES string of the molecule is C.Cc1cccc(CC(O)[C@H]2C[C@@H](F)CN2)n1.Cc1cccc(CC(O)[C@H]2C[C@@H](F)CN2C(=O)Cn2cc(C(N)=O)c3cc(-c4cnc(C)nc4)ccc32)n1.Cc1ncc(-c2ccc3c(c2)c(C(N)=O)cn3CC(=O)O)cn1.S.S=S. The molecule has 0 spiro atoms. The Labute approximate surface area is 484 Å². The van der Waals surface area contributed by atoms with E-state index in [2.05, 4.69) is 57.6 Å². The summed E-state index contributed by atoms with van der Waals surface area (Å²) in [7, 11) is 0. The van der Waals surface area contributed by atoms with Crippen molar-refractivity contribution in [1.82, 2.24) is 49.3 Å². The summed E-state index contributed by atoms with van der Waals surface area (Å²) < 4.78 is 30.6. The van der Waals surface area contributed by atoms with Crippen LogP contribution in [0.25, 0.3) is 44.1 Å². The third kappa shape index (κ3) is 16.5. The number of likely N-dealkylation sites (tertiary alicyclic amines) is 1. The topological polar surface area (TPSA) is 283 Å². The van der Waals surface area contributed by atoms with Crippen LogP contribution >= 0.6 is 13.5 Å². The number of alkyl halides is 2. The number of aliphatic hydroxyl groups is 2. The van der Waals surface area contributed by atoms with E-state index in [1.807, 2.05) is 68.4 Å². The minimum absolute atomic E-state index is 0. The number of hydrogen-bond acceptors (Lipinski definition) is 15. The van der Waals surface area contributed by atoms with E-state index in [4.69, 9.17) is 16.6 Å². The molecular weight excluding hydrogens is 1100 g/mol. The van der Waals surface area contributed by atoms with Gasteiger partial charge in [0.05, 0.1) is 35.9 Å². The second kappa shape index (κ2) is 29.2. The normalized spacial score (nSPS) is 17.0. The number of carboxylic acid groups (broad SMARTS) is 1.